The lowest BCUT2D eigenvalue weighted by Gasteiger charge is -2.21. The molecule has 8 aromatic carbocycles. The molecule has 7 heteroatoms. The second kappa shape index (κ2) is 16.0. The first-order valence-electron chi connectivity index (χ1n) is 23.0. The van der Waals surface area contributed by atoms with Crippen molar-refractivity contribution in [2.24, 2.45) is 0 Å². The standard InChI is InChI=1S/C61H47N7/c1-60(2,3)41-30-32-51-47(34-41)44-23-12-14-26-49(44)67(51)53-28-16-21-40(37-63)55(53)58-64-57(38-18-8-7-9-19-38)65-59(66-58)56-46(43-22-11-10-20-39(43)36-62)25-17-29-54(56)68-50-27-15-13-24-45(50)48-35-42(61(4,5)6)31-33-52(48)68/h7-35H,1-6H3. The van der Waals surface area contributed by atoms with Gasteiger partial charge < -0.3 is 9.13 Å². The van der Waals surface area contributed by atoms with Crippen molar-refractivity contribution in [2.45, 2.75) is 52.4 Å². The maximum Gasteiger partial charge on any atom is 0.167 e. The Hall–Kier alpha value is -8.65. The van der Waals surface area contributed by atoms with Gasteiger partial charge in [-0.05, 0) is 88.2 Å². The first-order chi connectivity index (χ1) is 32.9. The van der Waals surface area contributed by atoms with Crippen LogP contribution in [0.15, 0.2) is 176 Å². The van der Waals surface area contributed by atoms with Crippen LogP contribution >= 0.6 is 0 Å². The molecule has 11 rings (SSSR count). The van der Waals surface area contributed by atoms with Crippen LogP contribution in [0.3, 0.4) is 0 Å². The molecule has 0 saturated heterocycles. The van der Waals surface area contributed by atoms with E-state index in [4.69, 9.17) is 15.0 Å². The summed E-state index contributed by atoms with van der Waals surface area (Å²) in [5, 5.41) is 26.2. The van der Waals surface area contributed by atoms with Gasteiger partial charge in [-0.1, -0.05) is 157 Å². The molecule has 326 valence electrons. The van der Waals surface area contributed by atoms with E-state index in [9.17, 15) is 10.5 Å². The zero-order chi connectivity index (χ0) is 46.9. The van der Waals surface area contributed by atoms with E-state index in [1.54, 1.807) is 0 Å². The van der Waals surface area contributed by atoms with E-state index in [0.717, 1.165) is 77.2 Å². The Labute approximate surface area is 395 Å². The number of nitriles is 2. The molecule has 0 aliphatic rings. The lowest BCUT2D eigenvalue weighted by molar-refractivity contribution is 0.591. The van der Waals surface area contributed by atoms with Gasteiger partial charge in [0.2, 0.25) is 0 Å². The van der Waals surface area contributed by atoms with Crippen molar-refractivity contribution in [3.63, 3.8) is 0 Å². The van der Waals surface area contributed by atoms with Crippen molar-refractivity contribution >= 4 is 43.6 Å². The minimum Gasteiger partial charge on any atom is -0.308 e. The van der Waals surface area contributed by atoms with Gasteiger partial charge in [0.05, 0.1) is 67.8 Å². The smallest absolute Gasteiger partial charge is 0.167 e. The van der Waals surface area contributed by atoms with Crippen molar-refractivity contribution in [3.05, 3.63) is 198 Å². The molecule has 3 aromatic heterocycles. The molecule has 0 unspecified atom stereocenters. The molecule has 3 heterocycles. The molecule has 0 aliphatic carbocycles. The van der Waals surface area contributed by atoms with Crippen LogP contribution in [0.25, 0.3) is 100 Å². The van der Waals surface area contributed by atoms with E-state index in [0.29, 0.717) is 34.2 Å². The highest BCUT2D eigenvalue weighted by Crippen LogP contribution is 2.44. The van der Waals surface area contributed by atoms with Gasteiger partial charge in [-0.2, -0.15) is 10.5 Å². The van der Waals surface area contributed by atoms with E-state index in [1.165, 1.54) is 11.1 Å². The Morgan fingerprint density at radius 3 is 1.40 bits per heavy atom. The number of nitrogens with zero attached hydrogens (tertiary/aromatic N) is 7. The van der Waals surface area contributed by atoms with Crippen LogP contribution in [-0.4, -0.2) is 24.1 Å². The van der Waals surface area contributed by atoms with Crippen LogP contribution in [0.1, 0.15) is 63.8 Å². The molecule has 0 amide bonds. The monoisotopic (exact) mass is 877 g/mol. The summed E-state index contributed by atoms with van der Waals surface area (Å²) in [5.74, 6) is 1.21. The van der Waals surface area contributed by atoms with Gasteiger partial charge in [0.25, 0.3) is 0 Å². The lowest BCUT2D eigenvalue weighted by atomic mass is 9.86. The summed E-state index contributed by atoms with van der Waals surface area (Å²) in [7, 11) is 0. The molecule has 0 bridgehead atoms. The summed E-state index contributed by atoms with van der Waals surface area (Å²) in [5.41, 5.74) is 12.6. The zero-order valence-electron chi connectivity index (χ0n) is 38.9. The van der Waals surface area contributed by atoms with Crippen molar-refractivity contribution < 1.29 is 0 Å². The normalized spacial score (nSPS) is 11.9. The fourth-order valence-corrected chi connectivity index (χ4v) is 9.77. The molecule has 0 N–H and O–H groups in total. The molecule has 0 saturated carbocycles. The summed E-state index contributed by atoms with van der Waals surface area (Å²) in [6, 6.07) is 65.0. The minimum absolute atomic E-state index is 0.0596. The van der Waals surface area contributed by atoms with Gasteiger partial charge in [0, 0.05) is 32.7 Å². The maximum absolute atomic E-state index is 11.1. The fraction of sp³-hybridized carbons (Fsp3) is 0.131. The second-order valence-corrected chi connectivity index (χ2v) is 19.5. The maximum atomic E-state index is 11.1. The quantitative estimate of drug-likeness (QED) is 0.166. The van der Waals surface area contributed by atoms with Crippen molar-refractivity contribution in [1.29, 1.82) is 10.5 Å². The molecule has 0 fully saturated rings. The molecular weight excluding hydrogens is 831 g/mol. The lowest BCUT2D eigenvalue weighted by Crippen LogP contribution is -2.10. The average Bonchev–Trinajstić information content (AvgIpc) is 3.87. The SMILES string of the molecule is CC(C)(C)c1ccc2c(c1)c1ccccc1n2-c1cccc(C#N)c1-c1nc(-c2ccccc2)nc(-c2c(-c3ccccc3C#N)cccc2-n2c3ccccc3c3cc(C(C)(C)C)ccc32)n1. The Kier molecular flexibility index (Phi) is 9.92. The molecule has 0 radical (unpaired) electrons. The van der Waals surface area contributed by atoms with Crippen LogP contribution in [0.4, 0.5) is 0 Å². The highest BCUT2D eigenvalue weighted by atomic mass is 15.1. The summed E-state index contributed by atoms with van der Waals surface area (Å²) >= 11 is 0. The van der Waals surface area contributed by atoms with Crippen molar-refractivity contribution in [3.8, 4) is 68.8 Å². The molecule has 0 atom stereocenters. The molecule has 0 spiro atoms. The first-order valence-corrected chi connectivity index (χ1v) is 23.0. The summed E-state index contributed by atoms with van der Waals surface area (Å²) < 4.78 is 4.54. The van der Waals surface area contributed by atoms with Gasteiger partial charge in [-0.3, -0.25) is 0 Å². The van der Waals surface area contributed by atoms with Crippen molar-refractivity contribution in [2.75, 3.05) is 0 Å². The number of para-hydroxylation sites is 2. The number of benzene rings is 8. The van der Waals surface area contributed by atoms with Gasteiger partial charge >= 0.3 is 0 Å². The average molecular weight is 878 g/mol. The molecule has 7 nitrogen and oxygen atoms in total. The third kappa shape index (κ3) is 6.91. The largest absolute Gasteiger partial charge is 0.308 e. The van der Waals surface area contributed by atoms with E-state index in [1.807, 2.05) is 78.9 Å². The third-order valence-corrected chi connectivity index (χ3v) is 13.2. The number of hydrogen-bond acceptors (Lipinski definition) is 5. The second-order valence-electron chi connectivity index (χ2n) is 19.5. The van der Waals surface area contributed by atoms with Crippen LogP contribution < -0.4 is 0 Å². The number of aromatic nitrogens is 5. The van der Waals surface area contributed by atoms with Crippen molar-refractivity contribution in [1.82, 2.24) is 24.1 Å². The predicted octanol–water partition coefficient (Wildman–Crippen LogP) is 15.1. The van der Waals surface area contributed by atoms with Crippen LogP contribution in [0, 0.1) is 22.7 Å². The van der Waals surface area contributed by atoms with E-state index in [2.05, 4.69) is 160 Å². The molecular formula is C61H47N7. The van der Waals surface area contributed by atoms with E-state index >= 15 is 0 Å². The third-order valence-electron chi connectivity index (χ3n) is 13.2. The minimum atomic E-state index is -0.0637. The predicted molar refractivity (Wildman–Crippen MR) is 277 cm³/mol. The Bertz CT molecular complexity index is 3900. The number of hydrogen-bond donors (Lipinski definition) is 0. The summed E-state index contributed by atoms with van der Waals surface area (Å²) in [6.07, 6.45) is 0. The Morgan fingerprint density at radius 1 is 0.382 bits per heavy atom. The van der Waals surface area contributed by atoms with Crippen LogP contribution in [0.5, 0.6) is 0 Å². The van der Waals surface area contributed by atoms with Gasteiger partial charge in [0.1, 0.15) is 0 Å². The number of rotatable bonds is 6. The van der Waals surface area contributed by atoms with Gasteiger partial charge in [-0.25, -0.2) is 15.0 Å². The van der Waals surface area contributed by atoms with E-state index in [-0.39, 0.29) is 10.8 Å². The summed E-state index contributed by atoms with van der Waals surface area (Å²) in [6.45, 7) is 13.4. The van der Waals surface area contributed by atoms with Crippen LogP contribution in [-0.2, 0) is 10.8 Å². The topological polar surface area (TPSA) is 96.1 Å². The first kappa shape index (κ1) is 42.0. The molecule has 68 heavy (non-hydrogen) atoms. The molecule has 0 aliphatic heterocycles. The van der Waals surface area contributed by atoms with Gasteiger partial charge in [0.15, 0.2) is 17.5 Å². The van der Waals surface area contributed by atoms with Gasteiger partial charge in [-0.15, -0.1) is 0 Å². The van der Waals surface area contributed by atoms with E-state index < -0.39 is 0 Å². The Morgan fingerprint density at radius 2 is 0.824 bits per heavy atom. The highest BCUT2D eigenvalue weighted by Gasteiger charge is 2.27. The van der Waals surface area contributed by atoms with Crippen LogP contribution in [0.2, 0.25) is 0 Å². The summed E-state index contributed by atoms with van der Waals surface area (Å²) in [4.78, 5) is 16.2. The highest BCUT2D eigenvalue weighted by molar-refractivity contribution is 6.11. The fourth-order valence-electron chi connectivity index (χ4n) is 9.77. The zero-order valence-corrected chi connectivity index (χ0v) is 38.9. The molecule has 11 aromatic rings. The number of fused-ring (bicyclic) bond motifs is 6. The Balaban J connectivity index is 1.26.